The number of carbonyl (C=O) groups excluding carboxylic acids is 1. The third kappa shape index (κ3) is 2.35. The van der Waals surface area contributed by atoms with Crippen molar-refractivity contribution >= 4 is 5.78 Å². The van der Waals surface area contributed by atoms with E-state index in [1.807, 2.05) is 24.3 Å². The number of carbonyl (C=O) groups is 1. The molecule has 3 aliphatic heterocycles. The van der Waals surface area contributed by atoms with Gasteiger partial charge in [-0.3, -0.25) is 9.69 Å². The third-order valence-electron chi connectivity index (χ3n) is 4.57. The zero-order valence-electron chi connectivity index (χ0n) is 11.1. The van der Waals surface area contributed by atoms with Crippen LogP contribution in [-0.4, -0.2) is 29.8 Å². The Hall–Kier alpha value is -1.15. The van der Waals surface area contributed by atoms with E-state index in [0.717, 1.165) is 11.5 Å². The molecule has 3 aliphatic rings. The van der Waals surface area contributed by atoms with Gasteiger partial charge < -0.3 is 0 Å². The van der Waals surface area contributed by atoms with E-state index < -0.39 is 0 Å². The molecule has 0 radical (unpaired) electrons. The van der Waals surface area contributed by atoms with Gasteiger partial charge in [0.2, 0.25) is 0 Å². The summed E-state index contributed by atoms with van der Waals surface area (Å²) in [6, 6.07) is 8.50. The van der Waals surface area contributed by atoms with Gasteiger partial charge in [0.25, 0.3) is 0 Å². The Balaban J connectivity index is 1.66. The lowest BCUT2D eigenvalue weighted by Gasteiger charge is -2.45. The number of ketones is 1. The van der Waals surface area contributed by atoms with Gasteiger partial charge in [-0.2, -0.15) is 0 Å². The molecule has 1 aromatic rings. The highest BCUT2D eigenvalue weighted by atomic mass is 16.1. The fourth-order valence-corrected chi connectivity index (χ4v) is 3.37. The van der Waals surface area contributed by atoms with Crippen molar-refractivity contribution in [2.24, 2.45) is 5.92 Å². The second-order valence-corrected chi connectivity index (χ2v) is 5.86. The van der Waals surface area contributed by atoms with Crippen LogP contribution in [0.4, 0.5) is 0 Å². The molecular formula is C16H21NO. The molecule has 1 aromatic carbocycles. The van der Waals surface area contributed by atoms with E-state index in [0.29, 0.717) is 18.2 Å². The summed E-state index contributed by atoms with van der Waals surface area (Å²) in [6.45, 7) is 4.47. The zero-order chi connectivity index (χ0) is 12.5. The monoisotopic (exact) mass is 243 g/mol. The molecule has 0 aliphatic carbocycles. The Labute approximate surface area is 109 Å². The van der Waals surface area contributed by atoms with Crippen molar-refractivity contribution in [1.82, 2.24) is 4.90 Å². The summed E-state index contributed by atoms with van der Waals surface area (Å²) >= 11 is 0. The number of Topliss-reactive ketones (excluding diaryl/α,β-unsaturated/α-hetero) is 1. The van der Waals surface area contributed by atoms with Crippen LogP contribution in [0.1, 0.15) is 41.6 Å². The van der Waals surface area contributed by atoms with Crippen LogP contribution < -0.4 is 0 Å². The van der Waals surface area contributed by atoms with Crippen LogP contribution >= 0.6 is 0 Å². The van der Waals surface area contributed by atoms with Crippen LogP contribution in [0.15, 0.2) is 24.3 Å². The number of fused-ring (bicyclic) bond motifs is 3. The lowest BCUT2D eigenvalue weighted by Crippen LogP contribution is -2.49. The summed E-state index contributed by atoms with van der Waals surface area (Å²) in [7, 11) is 0. The van der Waals surface area contributed by atoms with E-state index in [1.165, 1.54) is 37.9 Å². The molecule has 3 heterocycles. The third-order valence-corrected chi connectivity index (χ3v) is 4.57. The predicted molar refractivity (Wildman–Crippen MR) is 72.8 cm³/mol. The normalized spacial score (nSPS) is 30.4. The largest absolute Gasteiger partial charge is 0.300 e. The first kappa shape index (κ1) is 11.9. The molecule has 2 heteroatoms. The first-order valence-corrected chi connectivity index (χ1v) is 7.06. The average molecular weight is 243 g/mol. The molecule has 3 saturated heterocycles. The molecule has 18 heavy (non-hydrogen) atoms. The van der Waals surface area contributed by atoms with Gasteiger partial charge in [0, 0.05) is 18.0 Å². The number of hydrogen-bond acceptors (Lipinski definition) is 2. The molecule has 0 aromatic heterocycles. The quantitative estimate of drug-likeness (QED) is 0.760. The fraction of sp³-hybridized carbons (Fsp3) is 0.562. The molecule has 4 rings (SSSR count). The van der Waals surface area contributed by atoms with Crippen LogP contribution in [0.25, 0.3) is 0 Å². The molecule has 0 amide bonds. The van der Waals surface area contributed by atoms with Crippen molar-refractivity contribution in [2.75, 3.05) is 13.1 Å². The maximum absolute atomic E-state index is 12.3. The van der Waals surface area contributed by atoms with Crippen molar-refractivity contribution in [2.45, 2.75) is 38.6 Å². The number of hydrogen-bond donors (Lipinski definition) is 0. The van der Waals surface area contributed by atoms with Crippen LogP contribution in [-0.2, 0) is 0 Å². The van der Waals surface area contributed by atoms with E-state index >= 15 is 0 Å². The first-order chi connectivity index (χ1) is 8.72. The summed E-state index contributed by atoms with van der Waals surface area (Å²) in [5.41, 5.74) is 2.09. The van der Waals surface area contributed by atoms with Crippen molar-refractivity contribution in [3.05, 3.63) is 35.4 Å². The lowest BCUT2D eigenvalue weighted by molar-refractivity contribution is 0.0428. The Kier molecular flexibility index (Phi) is 3.21. The Morgan fingerprint density at radius 1 is 1.22 bits per heavy atom. The van der Waals surface area contributed by atoms with E-state index in [1.54, 1.807) is 0 Å². The second-order valence-electron chi connectivity index (χ2n) is 5.86. The van der Waals surface area contributed by atoms with Gasteiger partial charge >= 0.3 is 0 Å². The molecule has 1 unspecified atom stereocenters. The second kappa shape index (κ2) is 4.85. The topological polar surface area (TPSA) is 20.3 Å². The summed E-state index contributed by atoms with van der Waals surface area (Å²) in [5, 5.41) is 0. The highest BCUT2D eigenvalue weighted by Crippen LogP contribution is 2.33. The molecule has 2 nitrogen and oxygen atoms in total. The molecular weight excluding hydrogens is 222 g/mol. The van der Waals surface area contributed by atoms with E-state index in [-0.39, 0.29) is 0 Å². The van der Waals surface area contributed by atoms with Crippen molar-refractivity contribution in [1.29, 1.82) is 0 Å². The Bertz CT molecular complexity index is 429. The van der Waals surface area contributed by atoms with Gasteiger partial charge in [0.15, 0.2) is 5.78 Å². The Morgan fingerprint density at radius 3 is 2.44 bits per heavy atom. The van der Waals surface area contributed by atoms with Gasteiger partial charge in [0.05, 0.1) is 0 Å². The highest BCUT2D eigenvalue weighted by molar-refractivity contribution is 5.96. The molecule has 3 fully saturated rings. The molecule has 0 saturated carbocycles. The van der Waals surface area contributed by atoms with Gasteiger partial charge in [-0.15, -0.1) is 0 Å². The first-order valence-electron chi connectivity index (χ1n) is 7.06. The summed E-state index contributed by atoms with van der Waals surface area (Å²) < 4.78 is 0. The molecule has 96 valence electrons. The van der Waals surface area contributed by atoms with Crippen LogP contribution in [0, 0.1) is 12.8 Å². The van der Waals surface area contributed by atoms with E-state index in [4.69, 9.17) is 0 Å². The number of benzene rings is 1. The van der Waals surface area contributed by atoms with Crippen molar-refractivity contribution in [3.63, 3.8) is 0 Å². The maximum atomic E-state index is 12.3. The van der Waals surface area contributed by atoms with Gasteiger partial charge in [0.1, 0.15) is 0 Å². The molecule has 0 N–H and O–H groups in total. The van der Waals surface area contributed by atoms with Gasteiger partial charge in [-0.1, -0.05) is 29.8 Å². The Morgan fingerprint density at radius 2 is 1.89 bits per heavy atom. The van der Waals surface area contributed by atoms with Crippen molar-refractivity contribution in [3.8, 4) is 0 Å². The van der Waals surface area contributed by atoms with Crippen LogP contribution in [0.2, 0.25) is 0 Å². The minimum Gasteiger partial charge on any atom is -0.300 e. The fourth-order valence-electron chi connectivity index (χ4n) is 3.37. The molecule has 1 atom stereocenters. The highest BCUT2D eigenvalue weighted by Gasteiger charge is 2.34. The van der Waals surface area contributed by atoms with E-state index in [2.05, 4.69) is 11.8 Å². The van der Waals surface area contributed by atoms with Gasteiger partial charge in [-0.25, -0.2) is 0 Å². The summed E-state index contributed by atoms with van der Waals surface area (Å²) in [4.78, 5) is 14.8. The minimum absolute atomic E-state index is 0.313. The van der Waals surface area contributed by atoms with Crippen LogP contribution in [0.3, 0.4) is 0 Å². The standard InChI is InChI=1S/C16H21NO/c1-12-2-4-14(5-3-12)16(18)11-15-10-13-6-8-17(15)9-7-13/h2-5,13,15H,6-11H2,1H3. The molecule has 2 bridgehead atoms. The SMILES string of the molecule is Cc1ccc(C(=O)CC2CC3CCN2CC3)cc1. The smallest absolute Gasteiger partial charge is 0.164 e. The summed E-state index contributed by atoms with van der Waals surface area (Å²) in [6.07, 6.45) is 4.63. The zero-order valence-corrected chi connectivity index (χ0v) is 11.1. The number of piperidine rings is 3. The van der Waals surface area contributed by atoms with E-state index in [9.17, 15) is 4.79 Å². The number of nitrogens with zero attached hydrogens (tertiary/aromatic N) is 1. The average Bonchev–Trinajstić information content (AvgIpc) is 2.41. The number of rotatable bonds is 3. The summed E-state index contributed by atoms with van der Waals surface area (Å²) in [5.74, 6) is 1.19. The number of aryl methyl sites for hydroxylation is 1. The molecule has 0 spiro atoms. The minimum atomic E-state index is 0.313. The maximum Gasteiger partial charge on any atom is 0.164 e. The predicted octanol–water partition coefficient (Wildman–Crippen LogP) is 3.05. The van der Waals surface area contributed by atoms with Crippen molar-refractivity contribution < 1.29 is 4.79 Å². The van der Waals surface area contributed by atoms with Gasteiger partial charge in [-0.05, 0) is 45.2 Å². The van der Waals surface area contributed by atoms with Crippen LogP contribution in [0.5, 0.6) is 0 Å². The lowest BCUT2D eigenvalue weighted by atomic mass is 9.81.